The number of hydrogen-bond donors (Lipinski definition) is 1. The number of fused-ring (bicyclic) bond motifs is 1. The highest BCUT2D eigenvalue weighted by Gasteiger charge is 2.28. The summed E-state index contributed by atoms with van der Waals surface area (Å²) in [5.41, 5.74) is 2.76. The summed E-state index contributed by atoms with van der Waals surface area (Å²) in [7, 11) is 3.93. The van der Waals surface area contributed by atoms with Gasteiger partial charge in [-0.1, -0.05) is 20.3 Å². The van der Waals surface area contributed by atoms with Crippen molar-refractivity contribution in [1.82, 2.24) is 5.32 Å². The Hall–Kier alpha value is -1.22. The van der Waals surface area contributed by atoms with Gasteiger partial charge < -0.3 is 15.0 Å². The lowest BCUT2D eigenvalue weighted by atomic mass is 10.0. The van der Waals surface area contributed by atoms with E-state index >= 15 is 0 Å². The first-order valence-corrected chi connectivity index (χ1v) is 8.34. The fraction of sp³-hybridized carbons (Fsp3) is 0.667. The highest BCUT2D eigenvalue weighted by molar-refractivity contribution is 5.58. The van der Waals surface area contributed by atoms with E-state index in [1.54, 1.807) is 7.11 Å². The molecule has 3 rings (SSSR count). The van der Waals surface area contributed by atoms with Gasteiger partial charge in [-0.2, -0.15) is 0 Å². The minimum Gasteiger partial charge on any atom is -0.497 e. The predicted octanol–water partition coefficient (Wildman–Crippen LogP) is 4.13. The van der Waals surface area contributed by atoms with Gasteiger partial charge in [0.25, 0.3) is 0 Å². The van der Waals surface area contributed by atoms with E-state index in [0.717, 1.165) is 18.3 Å². The number of benzene rings is 1. The second-order valence-electron chi connectivity index (χ2n) is 6.19. The van der Waals surface area contributed by atoms with Crippen LogP contribution >= 0.6 is 0 Å². The van der Waals surface area contributed by atoms with E-state index in [2.05, 4.69) is 49.3 Å². The molecule has 1 aromatic carbocycles. The molecule has 2 aliphatic rings. The average Bonchev–Trinajstić information content (AvgIpc) is 3.30. The zero-order valence-electron chi connectivity index (χ0n) is 14.0. The van der Waals surface area contributed by atoms with Gasteiger partial charge >= 0.3 is 0 Å². The smallest absolute Gasteiger partial charge is 0.119 e. The van der Waals surface area contributed by atoms with Gasteiger partial charge in [0.1, 0.15) is 5.75 Å². The van der Waals surface area contributed by atoms with Crippen LogP contribution in [0.3, 0.4) is 0 Å². The van der Waals surface area contributed by atoms with Crippen LogP contribution in [0.4, 0.5) is 5.69 Å². The predicted molar refractivity (Wildman–Crippen MR) is 90.4 cm³/mol. The third-order valence-electron chi connectivity index (χ3n) is 4.02. The van der Waals surface area contributed by atoms with E-state index in [9.17, 15) is 0 Å². The Labute approximate surface area is 129 Å². The molecule has 1 heterocycles. The summed E-state index contributed by atoms with van der Waals surface area (Å²) < 4.78 is 5.38. The number of hydrogen-bond acceptors (Lipinski definition) is 3. The van der Waals surface area contributed by atoms with Crippen LogP contribution in [-0.2, 0) is 0 Å². The van der Waals surface area contributed by atoms with Crippen molar-refractivity contribution in [2.75, 3.05) is 25.6 Å². The summed E-state index contributed by atoms with van der Waals surface area (Å²) in [6.45, 7) is 5.39. The Morgan fingerprint density at radius 1 is 1.24 bits per heavy atom. The van der Waals surface area contributed by atoms with Crippen molar-refractivity contribution in [3.05, 3.63) is 23.8 Å². The lowest BCUT2D eigenvalue weighted by Crippen LogP contribution is -2.23. The second kappa shape index (κ2) is 7.69. The van der Waals surface area contributed by atoms with Crippen LogP contribution in [0.2, 0.25) is 0 Å². The third-order valence-corrected chi connectivity index (χ3v) is 4.02. The topological polar surface area (TPSA) is 24.5 Å². The van der Waals surface area contributed by atoms with Gasteiger partial charge in [-0.25, -0.2) is 0 Å². The molecule has 0 spiro atoms. The summed E-state index contributed by atoms with van der Waals surface area (Å²) in [6, 6.07) is 7.71. The zero-order chi connectivity index (χ0) is 15.2. The Morgan fingerprint density at radius 2 is 1.95 bits per heavy atom. The Morgan fingerprint density at radius 3 is 2.57 bits per heavy atom. The lowest BCUT2D eigenvalue weighted by Gasteiger charge is -2.23. The summed E-state index contributed by atoms with van der Waals surface area (Å²) in [4.78, 5) is 2.36. The van der Waals surface area contributed by atoms with Crippen LogP contribution in [0.25, 0.3) is 0 Å². The van der Waals surface area contributed by atoms with Crippen LogP contribution in [0, 0.1) is 0 Å². The van der Waals surface area contributed by atoms with Crippen LogP contribution in [0.5, 0.6) is 5.75 Å². The number of methoxy groups -OCH3 is 1. The van der Waals surface area contributed by atoms with E-state index in [-0.39, 0.29) is 0 Å². The number of nitrogens with zero attached hydrogens (tertiary/aromatic N) is 1. The fourth-order valence-electron chi connectivity index (χ4n) is 2.80. The SMILES string of the molecule is CCC.COc1ccc2c(c1)C(NC1CC1)CCCN2C. The summed E-state index contributed by atoms with van der Waals surface area (Å²) in [5, 5.41) is 3.78. The number of anilines is 1. The normalized spacial score (nSPS) is 21.0. The van der Waals surface area contributed by atoms with E-state index in [0.29, 0.717) is 6.04 Å². The Bertz CT molecular complexity index is 443. The molecule has 1 fully saturated rings. The molecule has 1 aromatic rings. The zero-order valence-corrected chi connectivity index (χ0v) is 14.0. The van der Waals surface area contributed by atoms with Crippen molar-refractivity contribution in [3.8, 4) is 5.75 Å². The summed E-state index contributed by atoms with van der Waals surface area (Å²) in [6.07, 6.45) is 6.40. The summed E-state index contributed by atoms with van der Waals surface area (Å²) in [5.74, 6) is 0.964. The molecule has 1 saturated carbocycles. The van der Waals surface area contributed by atoms with Crippen molar-refractivity contribution in [2.45, 2.75) is 58.0 Å². The van der Waals surface area contributed by atoms with E-state index in [1.807, 2.05) is 0 Å². The summed E-state index contributed by atoms with van der Waals surface area (Å²) >= 11 is 0. The molecule has 1 atom stereocenters. The molecule has 1 aliphatic carbocycles. The number of nitrogens with one attached hydrogen (secondary N) is 1. The lowest BCUT2D eigenvalue weighted by molar-refractivity contribution is 0.412. The van der Waals surface area contributed by atoms with Crippen molar-refractivity contribution >= 4 is 5.69 Å². The van der Waals surface area contributed by atoms with Gasteiger partial charge in [-0.15, -0.1) is 0 Å². The Kier molecular flexibility index (Phi) is 5.92. The maximum absolute atomic E-state index is 5.38. The highest BCUT2D eigenvalue weighted by Crippen LogP contribution is 2.36. The van der Waals surface area contributed by atoms with Gasteiger partial charge in [-0.05, 0) is 49.4 Å². The molecule has 0 bridgehead atoms. The van der Waals surface area contributed by atoms with Crippen molar-refractivity contribution in [3.63, 3.8) is 0 Å². The molecular formula is C18H30N2O. The van der Waals surface area contributed by atoms with Crippen LogP contribution in [0.15, 0.2) is 18.2 Å². The number of ether oxygens (including phenoxy) is 1. The van der Waals surface area contributed by atoms with Crippen molar-refractivity contribution in [2.24, 2.45) is 0 Å². The molecule has 1 aliphatic heterocycles. The molecule has 118 valence electrons. The fourth-order valence-corrected chi connectivity index (χ4v) is 2.80. The minimum absolute atomic E-state index is 0.493. The standard InChI is InChI=1S/C15H22N2O.C3H8/c1-17-9-3-4-14(16-11-5-6-11)13-10-12(18-2)7-8-15(13)17;1-3-2/h7-8,10-11,14,16H,3-6,9H2,1-2H3;3H2,1-2H3. The third kappa shape index (κ3) is 4.37. The first-order valence-electron chi connectivity index (χ1n) is 8.34. The number of rotatable bonds is 3. The first kappa shape index (κ1) is 16.2. The Balaban J connectivity index is 0.000000497. The van der Waals surface area contributed by atoms with Gasteiger partial charge in [0.15, 0.2) is 0 Å². The van der Waals surface area contributed by atoms with Gasteiger partial charge in [0.2, 0.25) is 0 Å². The van der Waals surface area contributed by atoms with Crippen LogP contribution in [0.1, 0.15) is 57.6 Å². The first-order chi connectivity index (χ1) is 10.2. The van der Waals surface area contributed by atoms with Crippen LogP contribution in [-0.4, -0.2) is 26.7 Å². The van der Waals surface area contributed by atoms with E-state index < -0.39 is 0 Å². The maximum atomic E-state index is 5.38. The molecule has 0 radical (unpaired) electrons. The van der Waals surface area contributed by atoms with Gasteiger partial charge in [0.05, 0.1) is 7.11 Å². The van der Waals surface area contributed by atoms with Gasteiger partial charge in [0, 0.05) is 31.4 Å². The molecule has 0 amide bonds. The highest BCUT2D eigenvalue weighted by atomic mass is 16.5. The monoisotopic (exact) mass is 290 g/mol. The van der Waals surface area contributed by atoms with Crippen molar-refractivity contribution < 1.29 is 4.74 Å². The van der Waals surface area contributed by atoms with E-state index in [1.165, 1.54) is 43.4 Å². The van der Waals surface area contributed by atoms with Crippen molar-refractivity contribution in [1.29, 1.82) is 0 Å². The largest absolute Gasteiger partial charge is 0.497 e. The van der Waals surface area contributed by atoms with Gasteiger partial charge in [-0.3, -0.25) is 0 Å². The molecule has 1 N–H and O–H groups in total. The van der Waals surface area contributed by atoms with E-state index in [4.69, 9.17) is 4.74 Å². The molecule has 3 nitrogen and oxygen atoms in total. The molecular weight excluding hydrogens is 260 g/mol. The molecule has 21 heavy (non-hydrogen) atoms. The molecule has 0 aromatic heterocycles. The molecule has 3 heteroatoms. The minimum atomic E-state index is 0.493. The molecule has 1 unspecified atom stereocenters. The maximum Gasteiger partial charge on any atom is 0.119 e. The quantitative estimate of drug-likeness (QED) is 0.905. The second-order valence-corrected chi connectivity index (χ2v) is 6.19. The molecule has 0 saturated heterocycles. The van der Waals surface area contributed by atoms with Crippen LogP contribution < -0.4 is 15.0 Å². The average molecular weight is 290 g/mol.